The number of carboxylic acids is 1. The van der Waals surface area contributed by atoms with Gasteiger partial charge in [0.25, 0.3) is 0 Å². The molecule has 0 rings (SSSR count). The zero-order valence-electron chi connectivity index (χ0n) is 10.3. The summed E-state index contributed by atoms with van der Waals surface area (Å²) in [6.45, 7) is 2.08. The summed E-state index contributed by atoms with van der Waals surface area (Å²) in [5.41, 5.74) is 0. The Morgan fingerprint density at radius 3 is 2.17 bits per heavy atom. The van der Waals surface area contributed by atoms with Crippen LogP contribution in [0.1, 0.15) is 32.6 Å². The standard InChI is InChI=1S/C11H18O7/c1-2-16-11(15)18-8-4-6-10(14)17-7-3-5-9(12)13/h2-8H2,1H3,(H,12,13). The minimum absolute atomic E-state index is 0.0285. The minimum Gasteiger partial charge on any atom is -0.481 e. The summed E-state index contributed by atoms with van der Waals surface area (Å²) in [6, 6.07) is 0. The zero-order valence-corrected chi connectivity index (χ0v) is 10.3. The lowest BCUT2D eigenvalue weighted by Crippen LogP contribution is -2.11. The van der Waals surface area contributed by atoms with E-state index in [0.29, 0.717) is 12.8 Å². The van der Waals surface area contributed by atoms with E-state index in [9.17, 15) is 14.4 Å². The third kappa shape index (κ3) is 10.7. The third-order valence-electron chi connectivity index (χ3n) is 1.81. The Balaban J connectivity index is 3.37. The molecule has 0 aliphatic carbocycles. The van der Waals surface area contributed by atoms with Crippen molar-refractivity contribution in [1.82, 2.24) is 0 Å². The molecule has 0 saturated carbocycles. The first-order valence-electron chi connectivity index (χ1n) is 5.73. The Hall–Kier alpha value is -1.79. The second kappa shape index (κ2) is 10.4. The highest BCUT2D eigenvalue weighted by Gasteiger charge is 2.06. The fraction of sp³-hybridized carbons (Fsp3) is 0.727. The van der Waals surface area contributed by atoms with Crippen LogP contribution in [0.15, 0.2) is 0 Å². The molecule has 0 atom stereocenters. The van der Waals surface area contributed by atoms with Crippen molar-refractivity contribution < 1.29 is 33.7 Å². The fourth-order valence-corrected chi connectivity index (χ4v) is 1.01. The molecular weight excluding hydrogens is 244 g/mol. The van der Waals surface area contributed by atoms with Gasteiger partial charge in [-0.3, -0.25) is 9.59 Å². The molecule has 0 spiro atoms. The molecule has 0 heterocycles. The largest absolute Gasteiger partial charge is 0.508 e. The van der Waals surface area contributed by atoms with E-state index in [-0.39, 0.29) is 32.7 Å². The van der Waals surface area contributed by atoms with Gasteiger partial charge in [0.15, 0.2) is 0 Å². The summed E-state index contributed by atoms with van der Waals surface area (Å²) in [5, 5.41) is 8.35. The molecule has 0 aliphatic heterocycles. The van der Waals surface area contributed by atoms with Crippen LogP contribution in [-0.2, 0) is 23.8 Å². The maximum Gasteiger partial charge on any atom is 0.508 e. The SMILES string of the molecule is CCOC(=O)OCCCC(=O)OCCCC(=O)O. The van der Waals surface area contributed by atoms with Crippen LogP contribution in [0.25, 0.3) is 0 Å². The van der Waals surface area contributed by atoms with Crippen molar-refractivity contribution in [2.45, 2.75) is 32.6 Å². The summed E-state index contributed by atoms with van der Waals surface area (Å²) < 4.78 is 13.9. The molecule has 0 bridgehead atoms. The van der Waals surface area contributed by atoms with Gasteiger partial charge in [0, 0.05) is 12.8 Å². The smallest absolute Gasteiger partial charge is 0.481 e. The molecule has 0 aromatic heterocycles. The number of hydrogen-bond acceptors (Lipinski definition) is 6. The summed E-state index contributed by atoms with van der Waals surface area (Å²) in [4.78, 5) is 32.0. The molecule has 104 valence electrons. The number of esters is 1. The number of carbonyl (C=O) groups excluding carboxylic acids is 2. The molecule has 0 aromatic rings. The van der Waals surface area contributed by atoms with Gasteiger partial charge in [-0.25, -0.2) is 4.79 Å². The van der Waals surface area contributed by atoms with Crippen LogP contribution in [0.5, 0.6) is 0 Å². The first kappa shape index (κ1) is 16.2. The molecule has 0 amide bonds. The van der Waals surface area contributed by atoms with Gasteiger partial charge in [0.05, 0.1) is 19.8 Å². The van der Waals surface area contributed by atoms with E-state index >= 15 is 0 Å². The van der Waals surface area contributed by atoms with Crippen LogP contribution >= 0.6 is 0 Å². The highest BCUT2D eigenvalue weighted by atomic mass is 16.7. The zero-order chi connectivity index (χ0) is 13.8. The van der Waals surface area contributed by atoms with Crippen molar-refractivity contribution in [2.24, 2.45) is 0 Å². The number of ether oxygens (including phenoxy) is 3. The van der Waals surface area contributed by atoms with Crippen LogP contribution in [0.2, 0.25) is 0 Å². The van der Waals surface area contributed by atoms with Crippen LogP contribution in [0.4, 0.5) is 4.79 Å². The first-order valence-corrected chi connectivity index (χ1v) is 5.73. The monoisotopic (exact) mass is 262 g/mol. The maximum absolute atomic E-state index is 11.1. The molecular formula is C11H18O7. The van der Waals surface area contributed by atoms with E-state index in [2.05, 4.69) is 9.47 Å². The molecule has 7 heteroatoms. The molecule has 0 radical (unpaired) electrons. The van der Waals surface area contributed by atoms with E-state index < -0.39 is 18.1 Å². The lowest BCUT2D eigenvalue weighted by atomic mass is 10.3. The van der Waals surface area contributed by atoms with Gasteiger partial charge in [0.1, 0.15) is 0 Å². The average Bonchev–Trinajstić information content (AvgIpc) is 2.30. The van der Waals surface area contributed by atoms with Crippen molar-refractivity contribution in [3.63, 3.8) is 0 Å². The molecule has 18 heavy (non-hydrogen) atoms. The quantitative estimate of drug-likeness (QED) is 0.494. The summed E-state index contributed by atoms with van der Waals surface area (Å²) in [6.07, 6.45) is -0.0322. The second-order valence-corrected chi connectivity index (χ2v) is 3.35. The fourth-order valence-electron chi connectivity index (χ4n) is 1.01. The third-order valence-corrected chi connectivity index (χ3v) is 1.81. The van der Waals surface area contributed by atoms with Crippen molar-refractivity contribution >= 4 is 18.1 Å². The Kier molecular flexibility index (Phi) is 9.34. The molecule has 0 unspecified atom stereocenters. The minimum atomic E-state index is -0.922. The normalized spacial score (nSPS) is 9.61. The van der Waals surface area contributed by atoms with E-state index in [1.807, 2.05) is 0 Å². The van der Waals surface area contributed by atoms with Gasteiger partial charge in [-0.15, -0.1) is 0 Å². The van der Waals surface area contributed by atoms with Gasteiger partial charge in [0.2, 0.25) is 0 Å². The number of carboxylic acid groups (broad SMARTS) is 1. The van der Waals surface area contributed by atoms with Gasteiger partial charge in [-0.1, -0.05) is 0 Å². The summed E-state index contributed by atoms with van der Waals surface area (Å²) in [5.74, 6) is -1.36. The summed E-state index contributed by atoms with van der Waals surface area (Å²) >= 11 is 0. The molecule has 0 aromatic carbocycles. The predicted octanol–water partition coefficient (Wildman–Crippen LogP) is 1.35. The number of rotatable bonds is 9. The predicted molar refractivity (Wildman–Crippen MR) is 60.0 cm³/mol. The van der Waals surface area contributed by atoms with Gasteiger partial charge >= 0.3 is 18.1 Å². The molecule has 7 nitrogen and oxygen atoms in total. The van der Waals surface area contributed by atoms with Crippen molar-refractivity contribution in [2.75, 3.05) is 19.8 Å². The van der Waals surface area contributed by atoms with E-state index in [1.165, 1.54) is 0 Å². The number of hydrogen-bond donors (Lipinski definition) is 1. The van der Waals surface area contributed by atoms with E-state index in [0.717, 1.165) is 0 Å². The molecule has 0 saturated heterocycles. The Morgan fingerprint density at radius 1 is 0.944 bits per heavy atom. The number of aliphatic carboxylic acids is 1. The second-order valence-electron chi connectivity index (χ2n) is 3.35. The van der Waals surface area contributed by atoms with Crippen molar-refractivity contribution in [1.29, 1.82) is 0 Å². The Labute approximate surface area is 105 Å². The van der Waals surface area contributed by atoms with Crippen LogP contribution in [-0.4, -0.2) is 43.0 Å². The van der Waals surface area contributed by atoms with Gasteiger partial charge < -0.3 is 19.3 Å². The topological polar surface area (TPSA) is 99.1 Å². The van der Waals surface area contributed by atoms with Gasteiger partial charge in [-0.05, 0) is 19.8 Å². The van der Waals surface area contributed by atoms with E-state index in [4.69, 9.17) is 9.84 Å². The highest BCUT2D eigenvalue weighted by molar-refractivity contribution is 5.69. The highest BCUT2D eigenvalue weighted by Crippen LogP contribution is 1.97. The lowest BCUT2D eigenvalue weighted by Gasteiger charge is -2.05. The van der Waals surface area contributed by atoms with Crippen molar-refractivity contribution in [3.8, 4) is 0 Å². The van der Waals surface area contributed by atoms with Crippen LogP contribution < -0.4 is 0 Å². The Morgan fingerprint density at radius 2 is 1.56 bits per heavy atom. The maximum atomic E-state index is 11.1. The molecule has 0 fully saturated rings. The summed E-state index contributed by atoms with van der Waals surface area (Å²) in [7, 11) is 0. The van der Waals surface area contributed by atoms with Crippen molar-refractivity contribution in [3.05, 3.63) is 0 Å². The lowest BCUT2D eigenvalue weighted by molar-refractivity contribution is -0.145. The van der Waals surface area contributed by atoms with Crippen LogP contribution in [0.3, 0.4) is 0 Å². The Bertz CT molecular complexity index is 275. The average molecular weight is 262 g/mol. The number of carbonyl (C=O) groups is 3. The first-order chi connectivity index (χ1) is 8.56. The molecule has 0 aliphatic rings. The van der Waals surface area contributed by atoms with E-state index in [1.54, 1.807) is 6.92 Å². The van der Waals surface area contributed by atoms with Gasteiger partial charge in [-0.2, -0.15) is 0 Å². The van der Waals surface area contributed by atoms with Crippen LogP contribution in [0, 0.1) is 0 Å². The molecule has 1 N–H and O–H groups in total.